The van der Waals surface area contributed by atoms with Crippen molar-refractivity contribution in [3.63, 3.8) is 0 Å². The van der Waals surface area contributed by atoms with Crippen molar-refractivity contribution < 1.29 is 4.79 Å². The van der Waals surface area contributed by atoms with Gasteiger partial charge in [-0.15, -0.1) is 0 Å². The third kappa shape index (κ3) is 5.32. The largest absolute Gasteiger partial charge is 0.327 e. The van der Waals surface area contributed by atoms with Crippen LogP contribution in [0.25, 0.3) is 11.0 Å². The van der Waals surface area contributed by atoms with Crippen LogP contribution in [0.15, 0.2) is 48.5 Å². The molecule has 0 saturated carbocycles. The first-order valence-corrected chi connectivity index (χ1v) is 11.4. The maximum Gasteiger partial charge on any atom is 0.224 e. The Balaban J connectivity index is 1.40. The molecule has 2 aromatic carbocycles. The fourth-order valence-corrected chi connectivity index (χ4v) is 4.33. The van der Waals surface area contributed by atoms with E-state index in [0.717, 1.165) is 74.8 Å². The predicted octanol–water partition coefficient (Wildman–Crippen LogP) is 4.11. The average molecular weight is 420 g/mol. The number of aromatic nitrogens is 2. The van der Waals surface area contributed by atoms with E-state index in [0.29, 0.717) is 6.42 Å². The Kier molecular flexibility index (Phi) is 6.99. The van der Waals surface area contributed by atoms with Gasteiger partial charge < -0.3 is 9.88 Å². The normalized spacial score (nSPS) is 15.4. The van der Waals surface area contributed by atoms with Crippen molar-refractivity contribution in [2.24, 2.45) is 0 Å². The number of carbonyl (C=O) groups is 1. The van der Waals surface area contributed by atoms with Crippen molar-refractivity contribution in [3.8, 4) is 0 Å². The summed E-state index contributed by atoms with van der Waals surface area (Å²) >= 11 is 0. The maximum absolute atomic E-state index is 11.9. The molecule has 6 nitrogen and oxygen atoms in total. The summed E-state index contributed by atoms with van der Waals surface area (Å²) in [5.41, 5.74) is 4.29. The number of fused-ring (bicyclic) bond motifs is 1. The van der Waals surface area contributed by atoms with Gasteiger partial charge in [0.25, 0.3) is 0 Å². The number of aryl methyl sites for hydroxylation is 1. The Morgan fingerprint density at radius 2 is 1.68 bits per heavy atom. The van der Waals surface area contributed by atoms with Crippen molar-refractivity contribution >= 4 is 22.6 Å². The number of anilines is 1. The van der Waals surface area contributed by atoms with Crippen LogP contribution < -0.4 is 5.32 Å². The molecule has 0 atom stereocenters. The molecule has 1 saturated heterocycles. The molecule has 1 N–H and O–H groups in total. The first-order valence-electron chi connectivity index (χ1n) is 11.4. The van der Waals surface area contributed by atoms with Crippen LogP contribution in [0.4, 0.5) is 5.69 Å². The van der Waals surface area contributed by atoms with Gasteiger partial charge in [-0.2, -0.15) is 0 Å². The summed E-state index contributed by atoms with van der Waals surface area (Å²) in [5.74, 6) is 1.16. The van der Waals surface area contributed by atoms with Gasteiger partial charge in [-0.3, -0.25) is 14.6 Å². The minimum atomic E-state index is 0.0605. The third-order valence-corrected chi connectivity index (χ3v) is 5.98. The van der Waals surface area contributed by atoms with E-state index in [1.165, 1.54) is 5.56 Å². The minimum absolute atomic E-state index is 0.0605. The lowest BCUT2D eigenvalue weighted by molar-refractivity contribution is -0.116. The molecule has 4 rings (SSSR count). The SMILES string of the molecule is CCCC(=O)Nc1ccc2c(c1)nc(CN1CCN(Cc3ccccc3)CC1)n2CC. The van der Waals surface area contributed by atoms with Gasteiger partial charge in [-0.1, -0.05) is 37.3 Å². The molecule has 1 aliphatic heterocycles. The quantitative estimate of drug-likeness (QED) is 0.597. The van der Waals surface area contributed by atoms with Crippen molar-refractivity contribution in [1.82, 2.24) is 19.4 Å². The molecule has 0 unspecified atom stereocenters. The fourth-order valence-electron chi connectivity index (χ4n) is 4.33. The van der Waals surface area contributed by atoms with Gasteiger partial charge in [0.05, 0.1) is 17.6 Å². The summed E-state index contributed by atoms with van der Waals surface area (Å²) in [6.45, 7) is 11.2. The van der Waals surface area contributed by atoms with E-state index in [1.54, 1.807) is 0 Å². The van der Waals surface area contributed by atoms with Gasteiger partial charge in [-0.25, -0.2) is 4.98 Å². The second kappa shape index (κ2) is 10.1. The lowest BCUT2D eigenvalue weighted by atomic mass is 10.2. The summed E-state index contributed by atoms with van der Waals surface area (Å²) in [6, 6.07) is 16.8. The zero-order valence-electron chi connectivity index (χ0n) is 18.7. The molecular weight excluding hydrogens is 386 g/mol. The summed E-state index contributed by atoms with van der Waals surface area (Å²) in [6.07, 6.45) is 1.39. The number of benzene rings is 2. The molecule has 3 aromatic rings. The molecule has 0 aliphatic carbocycles. The van der Waals surface area contributed by atoms with Crippen LogP contribution in [0.5, 0.6) is 0 Å². The molecule has 0 bridgehead atoms. The molecule has 2 heterocycles. The van der Waals surface area contributed by atoms with Gasteiger partial charge in [0, 0.05) is 51.4 Å². The Bertz CT molecular complexity index is 1010. The molecule has 1 aliphatic rings. The smallest absolute Gasteiger partial charge is 0.224 e. The standard InChI is InChI=1S/C25H33N5O/c1-3-8-25(31)26-21-11-12-23-22(17-21)27-24(30(23)4-2)19-29-15-13-28(14-16-29)18-20-9-6-5-7-10-20/h5-7,9-12,17H,3-4,8,13-16,18-19H2,1-2H3,(H,26,31). The maximum atomic E-state index is 11.9. The minimum Gasteiger partial charge on any atom is -0.327 e. The molecular formula is C25H33N5O. The van der Waals surface area contributed by atoms with Crippen LogP contribution in [-0.2, 0) is 24.4 Å². The Hall–Kier alpha value is -2.70. The van der Waals surface area contributed by atoms with E-state index in [1.807, 2.05) is 19.1 Å². The zero-order chi connectivity index (χ0) is 21.6. The van der Waals surface area contributed by atoms with E-state index in [2.05, 4.69) is 63.0 Å². The molecule has 1 amide bonds. The van der Waals surface area contributed by atoms with E-state index in [-0.39, 0.29) is 5.91 Å². The van der Waals surface area contributed by atoms with E-state index in [4.69, 9.17) is 4.98 Å². The molecule has 164 valence electrons. The van der Waals surface area contributed by atoms with E-state index in [9.17, 15) is 4.79 Å². The van der Waals surface area contributed by atoms with Gasteiger partial charge in [0.15, 0.2) is 0 Å². The van der Waals surface area contributed by atoms with Crippen LogP contribution >= 0.6 is 0 Å². The lowest BCUT2D eigenvalue weighted by Gasteiger charge is -2.34. The second-order valence-corrected chi connectivity index (χ2v) is 8.31. The van der Waals surface area contributed by atoms with Crippen molar-refractivity contribution in [1.29, 1.82) is 0 Å². The molecule has 0 spiro atoms. The monoisotopic (exact) mass is 419 g/mol. The summed E-state index contributed by atoms with van der Waals surface area (Å²) in [7, 11) is 0. The number of amides is 1. The highest BCUT2D eigenvalue weighted by Gasteiger charge is 2.20. The van der Waals surface area contributed by atoms with Crippen LogP contribution in [0.1, 0.15) is 38.1 Å². The van der Waals surface area contributed by atoms with E-state index < -0.39 is 0 Å². The van der Waals surface area contributed by atoms with Gasteiger partial charge in [-0.05, 0) is 37.1 Å². The van der Waals surface area contributed by atoms with Gasteiger partial charge >= 0.3 is 0 Å². The second-order valence-electron chi connectivity index (χ2n) is 8.31. The van der Waals surface area contributed by atoms with Crippen LogP contribution in [0, 0.1) is 0 Å². The number of nitrogens with zero attached hydrogens (tertiary/aromatic N) is 4. The zero-order valence-corrected chi connectivity index (χ0v) is 18.7. The number of hydrogen-bond acceptors (Lipinski definition) is 4. The highest BCUT2D eigenvalue weighted by atomic mass is 16.1. The number of imidazole rings is 1. The van der Waals surface area contributed by atoms with E-state index >= 15 is 0 Å². The number of carbonyl (C=O) groups excluding carboxylic acids is 1. The molecule has 1 fully saturated rings. The summed E-state index contributed by atoms with van der Waals surface area (Å²) < 4.78 is 2.29. The lowest BCUT2D eigenvalue weighted by Crippen LogP contribution is -2.45. The molecule has 6 heteroatoms. The Labute approximate surface area is 184 Å². The molecule has 1 aromatic heterocycles. The highest BCUT2D eigenvalue weighted by Crippen LogP contribution is 2.22. The van der Waals surface area contributed by atoms with Crippen molar-refractivity contribution in [2.75, 3.05) is 31.5 Å². The Morgan fingerprint density at radius 1 is 0.968 bits per heavy atom. The number of rotatable bonds is 8. The number of hydrogen-bond donors (Lipinski definition) is 1. The van der Waals surface area contributed by atoms with Crippen LogP contribution in [0.2, 0.25) is 0 Å². The van der Waals surface area contributed by atoms with Crippen LogP contribution in [0.3, 0.4) is 0 Å². The molecule has 31 heavy (non-hydrogen) atoms. The third-order valence-electron chi connectivity index (χ3n) is 5.98. The van der Waals surface area contributed by atoms with Crippen molar-refractivity contribution in [3.05, 3.63) is 59.9 Å². The van der Waals surface area contributed by atoms with Gasteiger partial charge in [0.1, 0.15) is 5.82 Å². The average Bonchev–Trinajstić information content (AvgIpc) is 3.12. The first-order chi connectivity index (χ1) is 15.2. The fraction of sp³-hybridized carbons (Fsp3) is 0.440. The summed E-state index contributed by atoms with van der Waals surface area (Å²) in [5, 5.41) is 2.98. The summed E-state index contributed by atoms with van der Waals surface area (Å²) in [4.78, 5) is 21.9. The Morgan fingerprint density at radius 3 is 2.35 bits per heavy atom. The van der Waals surface area contributed by atoms with Crippen molar-refractivity contribution in [2.45, 2.75) is 46.3 Å². The first kappa shape index (κ1) is 21.5. The highest BCUT2D eigenvalue weighted by molar-refractivity contribution is 5.93. The van der Waals surface area contributed by atoms with Crippen LogP contribution in [-0.4, -0.2) is 51.4 Å². The van der Waals surface area contributed by atoms with Gasteiger partial charge in [0.2, 0.25) is 5.91 Å². The number of nitrogens with one attached hydrogen (secondary N) is 1. The molecule has 0 radical (unpaired) electrons. The number of piperazine rings is 1. The topological polar surface area (TPSA) is 53.4 Å². The predicted molar refractivity (Wildman–Crippen MR) is 126 cm³/mol.